The third-order valence-electron chi connectivity index (χ3n) is 2.29. The Morgan fingerprint density at radius 3 is 2.56 bits per heavy atom. The summed E-state index contributed by atoms with van der Waals surface area (Å²) in [5.74, 6) is 1.09. The Labute approximate surface area is 104 Å². The van der Waals surface area contributed by atoms with E-state index >= 15 is 0 Å². The second kappa shape index (κ2) is 9.27. The van der Waals surface area contributed by atoms with Gasteiger partial charge in [0.1, 0.15) is 0 Å². The van der Waals surface area contributed by atoms with Gasteiger partial charge in [-0.05, 0) is 38.3 Å². The van der Waals surface area contributed by atoms with Gasteiger partial charge in [0.05, 0.1) is 5.25 Å². The Balaban J connectivity index is 3.77. The predicted molar refractivity (Wildman–Crippen MR) is 72.5 cm³/mol. The number of rotatable bonds is 10. The fourth-order valence-electron chi connectivity index (χ4n) is 1.19. The van der Waals surface area contributed by atoms with Gasteiger partial charge in [0.15, 0.2) is 0 Å². The second-order valence-electron chi connectivity index (χ2n) is 3.76. The summed E-state index contributed by atoms with van der Waals surface area (Å²) in [5, 5.41) is 2.67. The van der Waals surface area contributed by atoms with Gasteiger partial charge in [0, 0.05) is 13.1 Å². The van der Waals surface area contributed by atoms with Crippen molar-refractivity contribution in [3.8, 4) is 0 Å². The molecule has 16 heavy (non-hydrogen) atoms. The lowest BCUT2D eigenvalue weighted by atomic mass is 10.3. The molecule has 4 nitrogen and oxygen atoms in total. The molecule has 0 aliphatic heterocycles. The summed E-state index contributed by atoms with van der Waals surface area (Å²) >= 11 is 1.79. The maximum Gasteiger partial charge on any atom is 0.215 e. The Hall–Kier alpha value is 0.220. The average Bonchev–Trinajstić information content (AvgIpc) is 2.25. The molecule has 0 amide bonds. The Kier molecular flexibility index (Phi) is 9.40. The third-order valence-corrected chi connectivity index (χ3v) is 4.82. The summed E-state index contributed by atoms with van der Waals surface area (Å²) in [4.78, 5) is 0. The van der Waals surface area contributed by atoms with Crippen LogP contribution in [0, 0.1) is 0 Å². The number of sulfonamides is 1. The van der Waals surface area contributed by atoms with Crippen LogP contribution in [0.5, 0.6) is 0 Å². The summed E-state index contributed by atoms with van der Waals surface area (Å²) in [6.07, 6.45) is 4.03. The first kappa shape index (κ1) is 16.2. The van der Waals surface area contributed by atoms with E-state index in [1.807, 2.05) is 6.92 Å². The molecular weight excluding hydrogens is 244 g/mol. The fourth-order valence-corrected chi connectivity index (χ4v) is 2.73. The summed E-state index contributed by atoms with van der Waals surface area (Å²) in [6, 6.07) is 0. The zero-order valence-corrected chi connectivity index (χ0v) is 12.1. The van der Waals surface area contributed by atoms with Crippen LogP contribution in [0.4, 0.5) is 0 Å². The molecule has 1 atom stereocenters. The molecule has 0 aliphatic rings. The first-order valence-corrected chi connectivity index (χ1v) is 8.66. The number of nitrogens with one attached hydrogen (secondary N) is 2. The quantitative estimate of drug-likeness (QED) is 0.581. The van der Waals surface area contributed by atoms with E-state index in [1.165, 1.54) is 0 Å². The molecule has 0 fully saturated rings. The van der Waals surface area contributed by atoms with Gasteiger partial charge in [-0.1, -0.05) is 6.92 Å². The lowest BCUT2D eigenvalue weighted by molar-refractivity contribution is 0.557. The number of hydrogen-bond acceptors (Lipinski definition) is 4. The molecule has 0 spiro atoms. The van der Waals surface area contributed by atoms with Gasteiger partial charge in [0.2, 0.25) is 10.0 Å². The van der Waals surface area contributed by atoms with Crippen LogP contribution in [0.2, 0.25) is 0 Å². The molecule has 0 aliphatic carbocycles. The monoisotopic (exact) mass is 268 g/mol. The molecule has 0 aromatic heterocycles. The Morgan fingerprint density at radius 1 is 1.31 bits per heavy atom. The van der Waals surface area contributed by atoms with Crippen molar-refractivity contribution in [1.29, 1.82) is 0 Å². The zero-order valence-electron chi connectivity index (χ0n) is 10.5. The van der Waals surface area contributed by atoms with Crippen molar-refractivity contribution >= 4 is 21.8 Å². The van der Waals surface area contributed by atoms with Crippen molar-refractivity contribution in [3.05, 3.63) is 0 Å². The largest absolute Gasteiger partial charge is 0.316 e. The van der Waals surface area contributed by atoms with Gasteiger partial charge in [0.25, 0.3) is 0 Å². The van der Waals surface area contributed by atoms with Crippen LogP contribution in [0.25, 0.3) is 0 Å². The molecule has 0 radical (unpaired) electrons. The van der Waals surface area contributed by atoms with E-state index in [2.05, 4.69) is 16.3 Å². The lowest BCUT2D eigenvalue weighted by Gasteiger charge is -2.13. The summed E-state index contributed by atoms with van der Waals surface area (Å²) in [7, 11) is -3.14. The lowest BCUT2D eigenvalue weighted by Crippen LogP contribution is -2.39. The van der Waals surface area contributed by atoms with Crippen molar-refractivity contribution in [2.75, 3.05) is 31.6 Å². The van der Waals surface area contributed by atoms with Gasteiger partial charge in [-0.2, -0.15) is 11.8 Å². The van der Waals surface area contributed by atoms with Crippen molar-refractivity contribution in [2.45, 2.75) is 31.9 Å². The minimum absolute atomic E-state index is 0.368. The van der Waals surface area contributed by atoms with Crippen LogP contribution in [0.1, 0.15) is 26.7 Å². The number of thioether (sulfide) groups is 1. The van der Waals surface area contributed by atoms with Crippen LogP contribution < -0.4 is 10.0 Å². The fraction of sp³-hybridized carbons (Fsp3) is 1.00. The highest BCUT2D eigenvalue weighted by molar-refractivity contribution is 7.98. The van der Waals surface area contributed by atoms with E-state index in [1.54, 1.807) is 18.7 Å². The standard InChI is InChI=1S/C10H24N2O2S2/c1-4-11-9-10(2)16(13,14)12-7-5-6-8-15-3/h10-12H,4-9H2,1-3H3. The smallest absolute Gasteiger partial charge is 0.215 e. The van der Waals surface area contributed by atoms with Crippen molar-refractivity contribution in [1.82, 2.24) is 10.0 Å². The SMILES string of the molecule is CCNCC(C)S(=O)(=O)NCCCCSC. The van der Waals surface area contributed by atoms with Crippen molar-refractivity contribution in [3.63, 3.8) is 0 Å². The Bertz CT molecular complexity index is 256. The van der Waals surface area contributed by atoms with Gasteiger partial charge in [-0.15, -0.1) is 0 Å². The van der Waals surface area contributed by atoms with Gasteiger partial charge < -0.3 is 5.32 Å². The minimum Gasteiger partial charge on any atom is -0.316 e. The molecule has 0 rings (SSSR count). The average molecular weight is 268 g/mol. The first-order valence-electron chi connectivity index (χ1n) is 5.72. The molecule has 2 N–H and O–H groups in total. The van der Waals surface area contributed by atoms with Gasteiger partial charge in [-0.3, -0.25) is 0 Å². The van der Waals surface area contributed by atoms with Crippen LogP contribution in [-0.4, -0.2) is 45.3 Å². The molecule has 98 valence electrons. The summed E-state index contributed by atoms with van der Waals surface area (Å²) in [6.45, 7) is 5.56. The molecule has 0 aromatic rings. The molecule has 0 aromatic carbocycles. The Morgan fingerprint density at radius 2 is 2.00 bits per heavy atom. The van der Waals surface area contributed by atoms with Crippen LogP contribution in [-0.2, 0) is 10.0 Å². The van der Waals surface area contributed by atoms with Crippen molar-refractivity contribution in [2.24, 2.45) is 0 Å². The minimum atomic E-state index is -3.14. The van der Waals surface area contributed by atoms with Gasteiger partial charge >= 0.3 is 0 Å². The van der Waals surface area contributed by atoms with E-state index in [4.69, 9.17) is 0 Å². The van der Waals surface area contributed by atoms with Crippen LogP contribution in [0.3, 0.4) is 0 Å². The van der Waals surface area contributed by atoms with Crippen molar-refractivity contribution < 1.29 is 8.42 Å². The van der Waals surface area contributed by atoms with Crippen LogP contribution in [0.15, 0.2) is 0 Å². The normalized spacial score (nSPS) is 13.9. The highest BCUT2D eigenvalue weighted by atomic mass is 32.2. The van der Waals surface area contributed by atoms with E-state index in [0.717, 1.165) is 25.1 Å². The molecule has 0 bridgehead atoms. The topological polar surface area (TPSA) is 58.2 Å². The highest BCUT2D eigenvalue weighted by Gasteiger charge is 2.18. The molecule has 6 heteroatoms. The van der Waals surface area contributed by atoms with E-state index in [9.17, 15) is 8.42 Å². The van der Waals surface area contributed by atoms with Crippen LogP contribution >= 0.6 is 11.8 Å². The number of hydrogen-bond donors (Lipinski definition) is 2. The maximum atomic E-state index is 11.7. The van der Waals surface area contributed by atoms with E-state index in [0.29, 0.717) is 13.1 Å². The summed E-state index contributed by atoms with van der Waals surface area (Å²) < 4.78 is 26.1. The third kappa shape index (κ3) is 7.49. The molecule has 0 saturated heterocycles. The zero-order chi connectivity index (χ0) is 12.4. The van der Waals surface area contributed by atoms with E-state index < -0.39 is 10.0 Å². The maximum absolute atomic E-state index is 11.7. The van der Waals surface area contributed by atoms with Gasteiger partial charge in [-0.25, -0.2) is 13.1 Å². The molecular formula is C10H24N2O2S2. The second-order valence-corrected chi connectivity index (χ2v) is 6.93. The highest BCUT2D eigenvalue weighted by Crippen LogP contribution is 2.00. The number of unbranched alkanes of at least 4 members (excludes halogenated alkanes) is 1. The summed E-state index contributed by atoms with van der Waals surface area (Å²) in [5.41, 5.74) is 0. The van der Waals surface area contributed by atoms with E-state index in [-0.39, 0.29) is 5.25 Å². The first-order chi connectivity index (χ1) is 7.54. The molecule has 0 heterocycles. The molecule has 1 unspecified atom stereocenters. The predicted octanol–water partition coefficient (Wildman–Crippen LogP) is 1.05. The molecule has 0 saturated carbocycles.